The van der Waals surface area contributed by atoms with Crippen molar-refractivity contribution < 1.29 is 0 Å². The average Bonchev–Trinajstić information content (AvgIpc) is 2.69. The molecule has 1 heterocycles. The van der Waals surface area contributed by atoms with Gasteiger partial charge in [-0.05, 0) is 37.1 Å². The van der Waals surface area contributed by atoms with Crippen molar-refractivity contribution in [1.29, 1.82) is 0 Å². The van der Waals surface area contributed by atoms with Gasteiger partial charge in [-0.15, -0.1) is 0 Å². The van der Waals surface area contributed by atoms with Crippen molar-refractivity contribution >= 4 is 22.7 Å². The first-order chi connectivity index (χ1) is 8.27. The van der Waals surface area contributed by atoms with Gasteiger partial charge in [0, 0.05) is 30.2 Å². The summed E-state index contributed by atoms with van der Waals surface area (Å²) >= 11 is 1.91. The van der Waals surface area contributed by atoms with Gasteiger partial charge in [0.2, 0.25) is 0 Å². The SMILES string of the molecule is CNC(CCSC)c1cn(C)c2ccccc12. The number of thioether (sulfide) groups is 1. The summed E-state index contributed by atoms with van der Waals surface area (Å²) in [7, 11) is 4.17. The summed E-state index contributed by atoms with van der Waals surface area (Å²) in [5.74, 6) is 1.19. The topological polar surface area (TPSA) is 17.0 Å². The highest BCUT2D eigenvalue weighted by molar-refractivity contribution is 7.98. The number of aryl methyl sites for hydroxylation is 1. The van der Waals surface area contributed by atoms with Gasteiger partial charge in [0.15, 0.2) is 0 Å². The Morgan fingerprint density at radius 3 is 2.82 bits per heavy atom. The van der Waals surface area contributed by atoms with E-state index in [1.54, 1.807) is 0 Å². The van der Waals surface area contributed by atoms with Crippen molar-refractivity contribution in [3.8, 4) is 0 Å². The van der Waals surface area contributed by atoms with Gasteiger partial charge < -0.3 is 9.88 Å². The average molecular weight is 248 g/mol. The highest BCUT2D eigenvalue weighted by Gasteiger charge is 2.14. The Balaban J connectivity index is 2.39. The van der Waals surface area contributed by atoms with Crippen LogP contribution in [0, 0.1) is 0 Å². The molecule has 1 aromatic carbocycles. The van der Waals surface area contributed by atoms with E-state index in [1.807, 2.05) is 18.8 Å². The molecule has 1 unspecified atom stereocenters. The molecule has 0 amide bonds. The van der Waals surface area contributed by atoms with E-state index in [-0.39, 0.29) is 0 Å². The van der Waals surface area contributed by atoms with Gasteiger partial charge in [0.25, 0.3) is 0 Å². The van der Waals surface area contributed by atoms with Crippen molar-refractivity contribution in [2.75, 3.05) is 19.1 Å². The van der Waals surface area contributed by atoms with E-state index in [0.29, 0.717) is 6.04 Å². The van der Waals surface area contributed by atoms with E-state index in [0.717, 1.165) is 0 Å². The van der Waals surface area contributed by atoms with Crippen LogP contribution >= 0.6 is 11.8 Å². The van der Waals surface area contributed by atoms with Crippen molar-refractivity contribution in [1.82, 2.24) is 9.88 Å². The van der Waals surface area contributed by atoms with Crippen LogP contribution in [-0.2, 0) is 7.05 Å². The Hall–Kier alpha value is -0.930. The lowest BCUT2D eigenvalue weighted by atomic mass is 10.0. The van der Waals surface area contributed by atoms with E-state index < -0.39 is 0 Å². The number of aromatic nitrogens is 1. The van der Waals surface area contributed by atoms with Crippen LogP contribution in [0.2, 0.25) is 0 Å². The molecule has 2 nitrogen and oxygen atoms in total. The van der Waals surface area contributed by atoms with Gasteiger partial charge in [-0.1, -0.05) is 18.2 Å². The number of rotatable bonds is 5. The lowest BCUT2D eigenvalue weighted by molar-refractivity contribution is 0.584. The largest absolute Gasteiger partial charge is 0.350 e. The van der Waals surface area contributed by atoms with Crippen LogP contribution < -0.4 is 5.32 Å². The minimum absolute atomic E-state index is 0.452. The maximum Gasteiger partial charge on any atom is 0.0481 e. The van der Waals surface area contributed by atoms with Crippen molar-refractivity contribution in [3.05, 3.63) is 36.0 Å². The summed E-state index contributed by atoms with van der Waals surface area (Å²) in [6, 6.07) is 9.07. The Labute approximate surface area is 107 Å². The summed E-state index contributed by atoms with van der Waals surface area (Å²) in [4.78, 5) is 0. The van der Waals surface area contributed by atoms with E-state index in [2.05, 4.69) is 53.6 Å². The molecule has 1 atom stereocenters. The maximum atomic E-state index is 3.43. The molecule has 2 rings (SSSR count). The van der Waals surface area contributed by atoms with Crippen LogP contribution in [0.1, 0.15) is 18.0 Å². The van der Waals surface area contributed by atoms with Gasteiger partial charge >= 0.3 is 0 Å². The zero-order chi connectivity index (χ0) is 12.3. The third kappa shape index (κ3) is 2.50. The van der Waals surface area contributed by atoms with Crippen molar-refractivity contribution in [2.45, 2.75) is 12.5 Å². The minimum Gasteiger partial charge on any atom is -0.350 e. The summed E-state index contributed by atoms with van der Waals surface area (Å²) in [6.07, 6.45) is 5.59. The van der Waals surface area contributed by atoms with E-state index in [9.17, 15) is 0 Å². The van der Waals surface area contributed by atoms with Gasteiger partial charge in [0.1, 0.15) is 0 Å². The highest BCUT2D eigenvalue weighted by atomic mass is 32.2. The zero-order valence-corrected chi connectivity index (χ0v) is 11.6. The van der Waals surface area contributed by atoms with E-state index in [1.165, 1.54) is 28.6 Å². The predicted molar refractivity (Wildman–Crippen MR) is 77.7 cm³/mol. The lowest BCUT2D eigenvalue weighted by Gasteiger charge is -2.14. The monoisotopic (exact) mass is 248 g/mol. The number of hydrogen-bond acceptors (Lipinski definition) is 2. The number of benzene rings is 1. The third-order valence-electron chi connectivity index (χ3n) is 3.26. The molecule has 3 heteroatoms. The molecule has 0 aliphatic heterocycles. The van der Waals surface area contributed by atoms with Crippen LogP contribution in [-0.4, -0.2) is 23.6 Å². The molecule has 0 spiro atoms. The molecule has 0 saturated heterocycles. The molecule has 17 heavy (non-hydrogen) atoms. The van der Waals surface area contributed by atoms with Crippen LogP contribution in [0.4, 0.5) is 0 Å². The molecule has 92 valence electrons. The first kappa shape index (κ1) is 12.5. The second-order valence-electron chi connectivity index (χ2n) is 4.34. The Morgan fingerprint density at radius 1 is 1.35 bits per heavy atom. The first-order valence-corrected chi connectivity index (χ1v) is 7.37. The predicted octanol–water partition coefficient (Wildman–Crippen LogP) is 3.19. The van der Waals surface area contributed by atoms with Crippen LogP contribution in [0.3, 0.4) is 0 Å². The summed E-state index contributed by atoms with van der Waals surface area (Å²) in [5.41, 5.74) is 2.73. The number of fused-ring (bicyclic) bond motifs is 1. The molecule has 0 radical (unpaired) electrons. The molecule has 1 N–H and O–H groups in total. The fraction of sp³-hybridized carbons (Fsp3) is 0.429. The minimum atomic E-state index is 0.452. The van der Waals surface area contributed by atoms with Gasteiger partial charge in [-0.3, -0.25) is 0 Å². The Kier molecular flexibility index (Phi) is 4.13. The fourth-order valence-electron chi connectivity index (χ4n) is 2.34. The zero-order valence-electron chi connectivity index (χ0n) is 10.7. The summed E-state index contributed by atoms with van der Waals surface area (Å²) < 4.78 is 2.22. The van der Waals surface area contributed by atoms with Gasteiger partial charge in [-0.25, -0.2) is 0 Å². The van der Waals surface area contributed by atoms with Gasteiger partial charge in [-0.2, -0.15) is 11.8 Å². The second kappa shape index (κ2) is 5.61. The molecule has 1 aromatic heterocycles. The van der Waals surface area contributed by atoms with Gasteiger partial charge in [0.05, 0.1) is 0 Å². The molecule has 0 aliphatic carbocycles. The summed E-state index contributed by atoms with van der Waals surface area (Å²) in [5, 5.41) is 4.80. The van der Waals surface area contributed by atoms with E-state index >= 15 is 0 Å². The smallest absolute Gasteiger partial charge is 0.0481 e. The molecule has 0 bridgehead atoms. The quantitative estimate of drug-likeness (QED) is 0.875. The van der Waals surface area contributed by atoms with Crippen LogP contribution in [0.5, 0.6) is 0 Å². The fourth-order valence-corrected chi connectivity index (χ4v) is 2.81. The number of nitrogens with one attached hydrogen (secondary N) is 1. The maximum absolute atomic E-state index is 3.43. The number of hydrogen-bond donors (Lipinski definition) is 1. The molecule has 0 aliphatic rings. The van der Waals surface area contributed by atoms with Crippen LogP contribution in [0.15, 0.2) is 30.5 Å². The molecule has 0 saturated carbocycles. The standard InChI is InChI=1S/C14H20N2S/c1-15-13(8-9-17-3)12-10-16(2)14-7-5-4-6-11(12)14/h4-7,10,13,15H,8-9H2,1-3H3. The molecular formula is C14H20N2S. The van der Waals surface area contributed by atoms with Crippen molar-refractivity contribution in [2.24, 2.45) is 7.05 Å². The van der Waals surface area contributed by atoms with E-state index in [4.69, 9.17) is 0 Å². The lowest BCUT2D eigenvalue weighted by Crippen LogP contribution is -2.16. The number of nitrogens with zero attached hydrogens (tertiary/aromatic N) is 1. The Morgan fingerprint density at radius 2 is 2.12 bits per heavy atom. The second-order valence-corrected chi connectivity index (χ2v) is 5.32. The van der Waals surface area contributed by atoms with Crippen LogP contribution in [0.25, 0.3) is 10.9 Å². The molecular weight excluding hydrogens is 228 g/mol. The normalized spacial score (nSPS) is 13.1. The highest BCUT2D eigenvalue weighted by Crippen LogP contribution is 2.28. The Bertz CT molecular complexity index is 490. The first-order valence-electron chi connectivity index (χ1n) is 5.98. The molecule has 2 aromatic rings. The third-order valence-corrected chi connectivity index (χ3v) is 3.91. The van der Waals surface area contributed by atoms with Crippen molar-refractivity contribution in [3.63, 3.8) is 0 Å². The summed E-state index contributed by atoms with van der Waals surface area (Å²) in [6.45, 7) is 0. The number of para-hydroxylation sites is 1. The molecule has 0 fully saturated rings.